The second kappa shape index (κ2) is 7.27. The molecule has 2 fully saturated rings. The van der Waals surface area contributed by atoms with Crippen LogP contribution >= 0.6 is 23.5 Å². The summed E-state index contributed by atoms with van der Waals surface area (Å²) in [7, 11) is 0. The molecule has 0 radical (unpaired) electrons. The molecule has 1 N–H and O–H groups in total. The first-order valence-corrected chi connectivity index (χ1v) is 9.55. The van der Waals surface area contributed by atoms with E-state index in [9.17, 15) is 4.79 Å². The zero-order chi connectivity index (χ0) is 14.6. The topological polar surface area (TPSA) is 41.6 Å². The predicted molar refractivity (Wildman–Crippen MR) is 87.8 cm³/mol. The van der Waals surface area contributed by atoms with Gasteiger partial charge in [0.25, 0.3) is 0 Å². The third kappa shape index (κ3) is 5.37. The van der Waals surface area contributed by atoms with Crippen molar-refractivity contribution in [2.45, 2.75) is 44.1 Å². The van der Waals surface area contributed by atoms with Gasteiger partial charge in [-0.2, -0.15) is 23.5 Å². The summed E-state index contributed by atoms with van der Waals surface area (Å²) in [5.74, 6) is 3.81. The fourth-order valence-corrected chi connectivity index (χ4v) is 5.00. The van der Waals surface area contributed by atoms with Gasteiger partial charge in [-0.1, -0.05) is 0 Å². The second-order valence-electron chi connectivity index (χ2n) is 6.39. The van der Waals surface area contributed by atoms with E-state index in [0.29, 0.717) is 6.04 Å². The van der Waals surface area contributed by atoms with Crippen LogP contribution in [0.1, 0.15) is 27.2 Å². The molecule has 2 unspecified atom stereocenters. The third-order valence-electron chi connectivity index (χ3n) is 3.36. The number of nitrogens with zero attached hydrogens (tertiary/aromatic N) is 1. The first kappa shape index (κ1) is 16.3. The highest BCUT2D eigenvalue weighted by Crippen LogP contribution is 2.23. The van der Waals surface area contributed by atoms with Gasteiger partial charge in [-0.05, 0) is 27.2 Å². The molecule has 0 aromatic heterocycles. The van der Waals surface area contributed by atoms with Crippen LogP contribution in [0.5, 0.6) is 0 Å². The molecule has 6 heteroatoms. The Balaban J connectivity index is 1.68. The standard InChI is InChI=1S/C14H26N2O2S2/c1-14(2,3)18-13(17)16-5-4-11(9-16)15-8-12-10-19-6-7-20-12/h11-12,15H,4-10H2,1-3H3. The van der Waals surface area contributed by atoms with E-state index in [-0.39, 0.29) is 6.09 Å². The number of rotatable bonds is 3. The van der Waals surface area contributed by atoms with Crippen molar-refractivity contribution in [3.63, 3.8) is 0 Å². The molecular weight excluding hydrogens is 292 g/mol. The van der Waals surface area contributed by atoms with Gasteiger partial charge in [0, 0.05) is 48.2 Å². The zero-order valence-corrected chi connectivity index (χ0v) is 14.3. The average Bonchev–Trinajstić information content (AvgIpc) is 2.84. The molecule has 0 aliphatic carbocycles. The Hall–Kier alpha value is -0.0700. The number of ether oxygens (including phenoxy) is 1. The lowest BCUT2D eigenvalue weighted by molar-refractivity contribution is 0.0291. The molecule has 2 rings (SSSR count). The first-order chi connectivity index (χ1) is 9.44. The van der Waals surface area contributed by atoms with Crippen LogP contribution in [-0.4, -0.2) is 64.8 Å². The van der Waals surface area contributed by atoms with E-state index >= 15 is 0 Å². The number of hydrogen-bond donors (Lipinski definition) is 1. The summed E-state index contributed by atoms with van der Waals surface area (Å²) in [5, 5.41) is 4.34. The smallest absolute Gasteiger partial charge is 0.410 e. The number of amides is 1. The summed E-state index contributed by atoms with van der Waals surface area (Å²) >= 11 is 4.12. The third-order valence-corrected chi connectivity index (χ3v) is 6.20. The van der Waals surface area contributed by atoms with Gasteiger partial charge < -0.3 is 15.0 Å². The van der Waals surface area contributed by atoms with Crippen molar-refractivity contribution >= 4 is 29.6 Å². The number of nitrogens with one attached hydrogen (secondary N) is 1. The van der Waals surface area contributed by atoms with E-state index in [1.807, 2.05) is 25.7 Å². The number of carbonyl (C=O) groups is 1. The SMILES string of the molecule is CC(C)(C)OC(=O)N1CCC(NCC2CSCCS2)C1. The molecule has 0 saturated carbocycles. The lowest BCUT2D eigenvalue weighted by Gasteiger charge is -2.25. The maximum absolute atomic E-state index is 12.0. The van der Waals surface area contributed by atoms with Gasteiger partial charge in [0.2, 0.25) is 0 Å². The predicted octanol–water partition coefficient (Wildman–Crippen LogP) is 2.43. The van der Waals surface area contributed by atoms with Gasteiger partial charge in [0.15, 0.2) is 0 Å². The molecule has 20 heavy (non-hydrogen) atoms. The summed E-state index contributed by atoms with van der Waals surface area (Å²) in [6, 6.07) is 0.426. The van der Waals surface area contributed by atoms with Gasteiger partial charge in [-0.3, -0.25) is 0 Å². The minimum absolute atomic E-state index is 0.176. The van der Waals surface area contributed by atoms with Crippen LogP contribution in [0.15, 0.2) is 0 Å². The van der Waals surface area contributed by atoms with E-state index < -0.39 is 5.60 Å². The Morgan fingerprint density at radius 2 is 2.20 bits per heavy atom. The molecule has 2 aliphatic rings. The van der Waals surface area contributed by atoms with Crippen molar-refractivity contribution in [3.8, 4) is 0 Å². The van der Waals surface area contributed by atoms with Gasteiger partial charge in [-0.25, -0.2) is 4.79 Å². The number of likely N-dealkylation sites (tertiary alicyclic amines) is 1. The van der Waals surface area contributed by atoms with Gasteiger partial charge in [0.05, 0.1) is 0 Å². The maximum Gasteiger partial charge on any atom is 0.410 e. The minimum atomic E-state index is -0.404. The lowest BCUT2D eigenvalue weighted by Crippen LogP contribution is -2.40. The molecule has 2 aliphatic heterocycles. The monoisotopic (exact) mass is 318 g/mol. The Morgan fingerprint density at radius 3 is 2.85 bits per heavy atom. The van der Waals surface area contributed by atoms with E-state index in [1.165, 1.54) is 17.3 Å². The Bertz CT molecular complexity index is 328. The van der Waals surface area contributed by atoms with Crippen molar-refractivity contribution in [1.29, 1.82) is 0 Å². The highest BCUT2D eigenvalue weighted by atomic mass is 32.2. The van der Waals surface area contributed by atoms with Gasteiger partial charge >= 0.3 is 6.09 Å². The molecular formula is C14H26N2O2S2. The van der Waals surface area contributed by atoms with Crippen molar-refractivity contribution in [1.82, 2.24) is 10.2 Å². The lowest BCUT2D eigenvalue weighted by atomic mass is 10.2. The Kier molecular flexibility index (Phi) is 5.93. The quantitative estimate of drug-likeness (QED) is 0.865. The molecule has 0 aromatic carbocycles. The van der Waals surface area contributed by atoms with Crippen molar-refractivity contribution < 1.29 is 9.53 Å². The summed E-state index contributed by atoms with van der Waals surface area (Å²) < 4.78 is 5.42. The molecule has 0 aromatic rings. The maximum atomic E-state index is 12.0. The van der Waals surface area contributed by atoms with Crippen LogP contribution in [0.4, 0.5) is 4.79 Å². The molecule has 4 nitrogen and oxygen atoms in total. The number of carbonyl (C=O) groups excluding carboxylic acids is 1. The molecule has 0 spiro atoms. The largest absolute Gasteiger partial charge is 0.444 e. The molecule has 116 valence electrons. The Labute approximate surface area is 130 Å². The van der Waals surface area contributed by atoms with E-state index in [0.717, 1.165) is 31.3 Å². The molecule has 0 bridgehead atoms. The average molecular weight is 319 g/mol. The Morgan fingerprint density at radius 1 is 1.40 bits per heavy atom. The van der Waals surface area contributed by atoms with Crippen molar-refractivity contribution in [2.75, 3.05) is 36.9 Å². The number of hydrogen-bond acceptors (Lipinski definition) is 5. The fourth-order valence-electron chi connectivity index (χ4n) is 2.37. The molecule has 2 heterocycles. The van der Waals surface area contributed by atoms with Crippen molar-refractivity contribution in [2.24, 2.45) is 0 Å². The van der Waals surface area contributed by atoms with Crippen LogP contribution in [-0.2, 0) is 4.74 Å². The molecule has 2 saturated heterocycles. The zero-order valence-electron chi connectivity index (χ0n) is 12.7. The fraction of sp³-hybridized carbons (Fsp3) is 0.929. The normalized spacial score (nSPS) is 27.6. The minimum Gasteiger partial charge on any atom is -0.444 e. The molecule has 2 atom stereocenters. The van der Waals surface area contributed by atoms with E-state index in [1.54, 1.807) is 0 Å². The summed E-state index contributed by atoms with van der Waals surface area (Å²) in [5.41, 5.74) is -0.404. The van der Waals surface area contributed by atoms with Crippen LogP contribution in [0, 0.1) is 0 Å². The first-order valence-electron chi connectivity index (χ1n) is 7.35. The van der Waals surface area contributed by atoms with Crippen LogP contribution < -0.4 is 5.32 Å². The van der Waals surface area contributed by atoms with Gasteiger partial charge in [0.1, 0.15) is 5.60 Å². The summed E-state index contributed by atoms with van der Waals surface area (Å²) in [6.07, 6.45) is 0.855. The van der Waals surface area contributed by atoms with E-state index in [4.69, 9.17) is 4.74 Å². The summed E-state index contributed by atoms with van der Waals surface area (Å²) in [4.78, 5) is 13.8. The van der Waals surface area contributed by atoms with Crippen molar-refractivity contribution in [3.05, 3.63) is 0 Å². The number of thioether (sulfide) groups is 2. The van der Waals surface area contributed by atoms with Crippen LogP contribution in [0.2, 0.25) is 0 Å². The second-order valence-corrected chi connectivity index (χ2v) is 8.95. The van der Waals surface area contributed by atoms with Crippen LogP contribution in [0.25, 0.3) is 0 Å². The highest BCUT2D eigenvalue weighted by molar-refractivity contribution is 8.06. The van der Waals surface area contributed by atoms with E-state index in [2.05, 4.69) is 28.8 Å². The molecule has 1 amide bonds. The van der Waals surface area contributed by atoms with Gasteiger partial charge in [-0.15, -0.1) is 0 Å². The van der Waals surface area contributed by atoms with Crippen LogP contribution in [0.3, 0.4) is 0 Å². The summed E-state index contributed by atoms with van der Waals surface area (Å²) in [6.45, 7) is 8.38. The highest BCUT2D eigenvalue weighted by Gasteiger charge is 2.30.